The van der Waals surface area contributed by atoms with Gasteiger partial charge in [0.25, 0.3) is 0 Å². The van der Waals surface area contributed by atoms with Crippen LogP contribution in [0.1, 0.15) is 44.7 Å². The first-order valence-electron chi connectivity index (χ1n) is 7.77. The Morgan fingerprint density at radius 1 is 1.27 bits per heavy atom. The molecule has 1 aromatic rings. The summed E-state index contributed by atoms with van der Waals surface area (Å²) in [7, 11) is 0. The highest BCUT2D eigenvalue weighted by Crippen LogP contribution is 2.21. The molecular weight excluding hydrogens is 280 g/mol. The average Bonchev–Trinajstić information content (AvgIpc) is 2.39. The van der Waals surface area contributed by atoms with E-state index in [4.69, 9.17) is 9.84 Å². The van der Waals surface area contributed by atoms with Gasteiger partial charge in [-0.15, -0.1) is 0 Å². The molecule has 1 aliphatic carbocycles. The van der Waals surface area contributed by atoms with Crippen LogP contribution in [0, 0.1) is 0 Å². The fraction of sp³-hybridized carbons (Fsp3) is 0.588. The van der Waals surface area contributed by atoms with Crippen molar-refractivity contribution in [3.05, 3.63) is 35.4 Å². The number of aliphatic hydroxyl groups is 1. The molecule has 0 bridgehead atoms. The zero-order valence-corrected chi connectivity index (χ0v) is 13.6. The summed E-state index contributed by atoms with van der Waals surface area (Å²) in [4.78, 5) is 11.6. The third-order valence-electron chi connectivity index (χ3n) is 3.63. The van der Waals surface area contributed by atoms with E-state index >= 15 is 0 Å². The Kier molecular flexibility index (Phi) is 5.42. The summed E-state index contributed by atoms with van der Waals surface area (Å²) in [6.07, 6.45) is 1.49. The van der Waals surface area contributed by atoms with Gasteiger partial charge < -0.3 is 20.5 Å². The van der Waals surface area contributed by atoms with E-state index in [0.717, 1.165) is 30.5 Å². The van der Waals surface area contributed by atoms with Crippen LogP contribution in [0.2, 0.25) is 0 Å². The van der Waals surface area contributed by atoms with Gasteiger partial charge in [0.2, 0.25) is 0 Å². The standard InChI is InChI=1S/C17H26N2O3/c1-17(2,3)22-16(21)19-15-8-14(9-15)18-10-12-5-4-6-13(7-12)11-20/h4-7,14-15,18,20H,8-11H2,1-3H3,(H,19,21). The van der Waals surface area contributed by atoms with Gasteiger partial charge >= 0.3 is 6.09 Å². The largest absolute Gasteiger partial charge is 0.444 e. The van der Waals surface area contributed by atoms with Gasteiger partial charge in [-0.2, -0.15) is 0 Å². The fourth-order valence-corrected chi connectivity index (χ4v) is 2.48. The quantitative estimate of drug-likeness (QED) is 0.781. The molecule has 2 rings (SSSR count). The van der Waals surface area contributed by atoms with Crippen molar-refractivity contribution in [1.82, 2.24) is 10.6 Å². The predicted octanol–water partition coefficient (Wildman–Crippen LogP) is 2.32. The van der Waals surface area contributed by atoms with Crippen LogP contribution in [0.3, 0.4) is 0 Å². The second-order valence-corrected chi connectivity index (χ2v) is 6.87. The van der Waals surface area contributed by atoms with Crippen LogP contribution in [0.25, 0.3) is 0 Å². The van der Waals surface area contributed by atoms with Crippen molar-refractivity contribution in [1.29, 1.82) is 0 Å². The number of benzene rings is 1. The summed E-state index contributed by atoms with van der Waals surface area (Å²) in [6, 6.07) is 8.52. The molecule has 1 fully saturated rings. The Hall–Kier alpha value is -1.59. The number of amides is 1. The van der Waals surface area contributed by atoms with Gasteiger partial charge in [-0.1, -0.05) is 24.3 Å². The summed E-state index contributed by atoms with van der Waals surface area (Å²) < 4.78 is 5.24. The van der Waals surface area contributed by atoms with Gasteiger partial charge in [0.05, 0.1) is 6.61 Å². The van der Waals surface area contributed by atoms with Gasteiger partial charge in [0, 0.05) is 18.6 Å². The zero-order valence-electron chi connectivity index (χ0n) is 13.6. The van der Waals surface area contributed by atoms with Crippen LogP contribution in [0.15, 0.2) is 24.3 Å². The Bertz CT molecular complexity index is 505. The van der Waals surface area contributed by atoms with Crippen molar-refractivity contribution in [3.8, 4) is 0 Å². The van der Waals surface area contributed by atoms with Gasteiger partial charge in [0.1, 0.15) is 5.60 Å². The second kappa shape index (κ2) is 7.11. The number of rotatable bonds is 5. The maximum atomic E-state index is 11.6. The van der Waals surface area contributed by atoms with E-state index in [2.05, 4.69) is 10.6 Å². The van der Waals surface area contributed by atoms with Crippen molar-refractivity contribution < 1.29 is 14.6 Å². The Labute approximate surface area is 132 Å². The van der Waals surface area contributed by atoms with E-state index in [0.29, 0.717) is 6.04 Å². The van der Waals surface area contributed by atoms with E-state index in [1.54, 1.807) is 0 Å². The topological polar surface area (TPSA) is 70.6 Å². The molecule has 22 heavy (non-hydrogen) atoms. The summed E-state index contributed by atoms with van der Waals surface area (Å²) in [5.41, 5.74) is 1.64. The third-order valence-corrected chi connectivity index (χ3v) is 3.63. The first-order chi connectivity index (χ1) is 10.4. The number of carbonyl (C=O) groups excluding carboxylic acids is 1. The average molecular weight is 306 g/mol. The summed E-state index contributed by atoms with van der Waals surface area (Å²) in [5, 5.41) is 15.5. The lowest BCUT2D eigenvalue weighted by Gasteiger charge is -2.36. The molecule has 0 saturated heterocycles. The van der Waals surface area contributed by atoms with Crippen LogP contribution in [-0.2, 0) is 17.9 Å². The zero-order chi connectivity index (χ0) is 16.2. The molecule has 5 heteroatoms. The third kappa shape index (κ3) is 5.31. The number of nitrogens with one attached hydrogen (secondary N) is 2. The van der Waals surface area contributed by atoms with Gasteiger partial charge in [-0.05, 0) is 44.7 Å². The van der Waals surface area contributed by atoms with Crippen LogP contribution in [0.4, 0.5) is 4.79 Å². The number of aliphatic hydroxyl groups excluding tert-OH is 1. The summed E-state index contributed by atoms with van der Waals surface area (Å²) >= 11 is 0. The molecule has 1 amide bonds. The van der Waals surface area contributed by atoms with Crippen molar-refractivity contribution in [2.24, 2.45) is 0 Å². The van der Waals surface area contributed by atoms with E-state index in [1.807, 2.05) is 45.0 Å². The molecule has 1 aliphatic rings. The molecule has 122 valence electrons. The Morgan fingerprint density at radius 2 is 1.95 bits per heavy atom. The molecule has 1 aromatic carbocycles. The molecule has 0 heterocycles. The summed E-state index contributed by atoms with van der Waals surface area (Å²) in [6.45, 7) is 6.42. The van der Waals surface area contributed by atoms with Crippen molar-refractivity contribution in [2.45, 2.75) is 64.4 Å². The number of ether oxygens (including phenoxy) is 1. The highest BCUT2D eigenvalue weighted by molar-refractivity contribution is 5.68. The van der Waals surface area contributed by atoms with Crippen LogP contribution in [-0.4, -0.2) is 28.9 Å². The molecule has 0 radical (unpaired) electrons. The van der Waals surface area contributed by atoms with E-state index in [-0.39, 0.29) is 18.7 Å². The van der Waals surface area contributed by atoms with Gasteiger partial charge in [0.15, 0.2) is 0 Å². The van der Waals surface area contributed by atoms with Crippen molar-refractivity contribution in [2.75, 3.05) is 0 Å². The molecule has 0 aromatic heterocycles. The SMILES string of the molecule is CC(C)(C)OC(=O)NC1CC(NCc2cccc(CO)c2)C1. The molecule has 0 unspecified atom stereocenters. The monoisotopic (exact) mass is 306 g/mol. The second-order valence-electron chi connectivity index (χ2n) is 6.87. The smallest absolute Gasteiger partial charge is 0.407 e. The maximum Gasteiger partial charge on any atom is 0.407 e. The van der Waals surface area contributed by atoms with Crippen LogP contribution >= 0.6 is 0 Å². The Balaban J connectivity index is 1.66. The van der Waals surface area contributed by atoms with Crippen molar-refractivity contribution in [3.63, 3.8) is 0 Å². The maximum absolute atomic E-state index is 11.6. The normalized spacial score (nSPS) is 21.1. The Morgan fingerprint density at radius 3 is 2.59 bits per heavy atom. The van der Waals surface area contributed by atoms with Gasteiger partial charge in [-0.25, -0.2) is 4.79 Å². The molecule has 0 spiro atoms. The van der Waals surface area contributed by atoms with Crippen molar-refractivity contribution >= 4 is 6.09 Å². The molecule has 1 saturated carbocycles. The predicted molar refractivity (Wildman–Crippen MR) is 85.4 cm³/mol. The number of alkyl carbamates (subject to hydrolysis) is 1. The minimum atomic E-state index is -0.455. The molecule has 0 atom stereocenters. The van der Waals surface area contributed by atoms with Crippen LogP contribution < -0.4 is 10.6 Å². The highest BCUT2D eigenvalue weighted by atomic mass is 16.6. The van der Waals surface area contributed by atoms with E-state index in [9.17, 15) is 4.79 Å². The molecule has 0 aliphatic heterocycles. The number of hydrogen-bond donors (Lipinski definition) is 3. The lowest BCUT2D eigenvalue weighted by molar-refractivity contribution is 0.0465. The van der Waals surface area contributed by atoms with Crippen LogP contribution in [0.5, 0.6) is 0 Å². The first-order valence-corrected chi connectivity index (χ1v) is 7.77. The minimum Gasteiger partial charge on any atom is -0.444 e. The lowest BCUT2D eigenvalue weighted by atomic mass is 9.86. The number of carbonyl (C=O) groups is 1. The van der Waals surface area contributed by atoms with E-state index in [1.165, 1.54) is 0 Å². The first kappa shape index (κ1) is 16.8. The lowest BCUT2D eigenvalue weighted by Crippen LogP contribution is -2.52. The fourth-order valence-electron chi connectivity index (χ4n) is 2.48. The van der Waals surface area contributed by atoms with Gasteiger partial charge in [-0.3, -0.25) is 0 Å². The minimum absolute atomic E-state index is 0.0686. The molecular formula is C17H26N2O3. The highest BCUT2D eigenvalue weighted by Gasteiger charge is 2.31. The summed E-state index contributed by atoms with van der Waals surface area (Å²) in [5.74, 6) is 0. The molecule has 5 nitrogen and oxygen atoms in total. The molecule has 3 N–H and O–H groups in total. The number of hydrogen-bond acceptors (Lipinski definition) is 4. The van der Waals surface area contributed by atoms with E-state index < -0.39 is 5.60 Å².